The van der Waals surface area contributed by atoms with Gasteiger partial charge in [-0.2, -0.15) is 4.31 Å². The summed E-state index contributed by atoms with van der Waals surface area (Å²) in [6, 6.07) is 9.91. The smallest absolute Gasteiger partial charge is 0.276 e. The van der Waals surface area contributed by atoms with Gasteiger partial charge in [0.2, 0.25) is 5.09 Å². The molecule has 0 bridgehead atoms. The van der Waals surface area contributed by atoms with E-state index in [4.69, 9.17) is 14.3 Å². The molecule has 1 N–H and O–H groups in total. The highest BCUT2D eigenvalue weighted by Crippen LogP contribution is 2.20. The van der Waals surface area contributed by atoms with Crippen LogP contribution in [0.25, 0.3) is 0 Å². The molecule has 1 aromatic heterocycles. The zero-order valence-electron chi connectivity index (χ0n) is 11.8. The van der Waals surface area contributed by atoms with Gasteiger partial charge in [0.05, 0.1) is 7.11 Å². The van der Waals surface area contributed by atoms with Crippen LogP contribution in [0.1, 0.15) is 11.3 Å². The van der Waals surface area contributed by atoms with Gasteiger partial charge in [0, 0.05) is 13.6 Å². The van der Waals surface area contributed by atoms with E-state index < -0.39 is 10.0 Å². The topological polar surface area (TPSA) is 80.0 Å². The molecule has 2 aromatic rings. The summed E-state index contributed by atoms with van der Waals surface area (Å²) in [7, 11) is -0.674. The monoisotopic (exact) mass is 311 g/mol. The third kappa shape index (κ3) is 3.44. The fourth-order valence-electron chi connectivity index (χ4n) is 1.81. The summed E-state index contributed by atoms with van der Waals surface area (Å²) >= 11 is 0. The predicted octanol–water partition coefficient (Wildman–Crippen LogP) is 1.60. The normalized spacial score (nSPS) is 11.8. The first-order valence-corrected chi connectivity index (χ1v) is 7.70. The Bertz CT molecular complexity index is 690. The maximum atomic E-state index is 12.3. The van der Waals surface area contributed by atoms with Gasteiger partial charge in [0.15, 0.2) is 0 Å². The van der Waals surface area contributed by atoms with Gasteiger partial charge in [-0.05, 0) is 29.8 Å². The summed E-state index contributed by atoms with van der Waals surface area (Å²) in [6.45, 7) is -0.126. The average Bonchev–Trinajstić information content (AvgIpc) is 2.97. The Morgan fingerprint density at radius 2 is 1.86 bits per heavy atom. The largest absolute Gasteiger partial charge is 0.497 e. The molecule has 114 valence electrons. The number of aliphatic hydroxyl groups is 1. The van der Waals surface area contributed by atoms with Gasteiger partial charge in [0.1, 0.15) is 18.1 Å². The second kappa shape index (κ2) is 6.30. The van der Waals surface area contributed by atoms with Gasteiger partial charge in [0.25, 0.3) is 10.0 Å². The molecule has 0 atom stereocenters. The summed E-state index contributed by atoms with van der Waals surface area (Å²) in [6.07, 6.45) is 0. The summed E-state index contributed by atoms with van der Waals surface area (Å²) in [5.41, 5.74) is 0.829. The number of nitrogens with zero attached hydrogens (tertiary/aromatic N) is 1. The molecule has 0 unspecified atom stereocenters. The molecule has 6 nitrogen and oxygen atoms in total. The molecule has 0 aliphatic rings. The number of sulfonamides is 1. The van der Waals surface area contributed by atoms with Crippen molar-refractivity contribution >= 4 is 10.0 Å². The third-order valence-corrected chi connectivity index (χ3v) is 4.70. The lowest BCUT2D eigenvalue weighted by Gasteiger charge is -2.15. The molecule has 0 saturated carbocycles. The van der Waals surface area contributed by atoms with E-state index in [-0.39, 0.29) is 24.0 Å². The minimum Gasteiger partial charge on any atom is -0.497 e. The molecule has 2 rings (SSSR count). The van der Waals surface area contributed by atoms with Gasteiger partial charge in [-0.15, -0.1) is 0 Å². The lowest BCUT2D eigenvalue weighted by Crippen LogP contribution is -2.26. The first-order valence-electron chi connectivity index (χ1n) is 6.26. The fourth-order valence-corrected chi connectivity index (χ4v) is 2.89. The Morgan fingerprint density at radius 3 is 2.38 bits per heavy atom. The van der Waals surface area contributed by atoms with Crippen molar-refractivity contribution in [3.05, 3.63) is 47.7 Å². The molecule has 21 heavy (non-hydrogen) atoms. The van der Waals surface area contributed by atoms with Crippen LogP contribution < -0.4 is 4.74 Å². The van der Waals surface area contributed by atoms with Crippen LogP contribution in [0.3, 0.4) is 0 Å². The molecule has 0 amide bonds. The lowest BCUT2D eigenvalue weighted by molar-refractivity contribution is 0.235. The number of rotatable bonds is 6. The molecule has 1 heterocycles. The second-order valence-electron chi connectivity index (χ2n) is 4.49. The molecule has 7 heteroatoms. The Balaban J connectivity index is 2.15. The lowest BCUT2D eigenvalue weighted by atomic mass is 10.2. The average molecular weight is 311 g/mol. The van der Waals surface area contributed by atoms with Crippen LogP contribution in [0, 0.1) is 0 Å². The molecule has 1 aromatic carbocycles. The van der Waals surface area contributed by atoms with Crippen LogP contribution in [0.5, 0.6) is 5.75 Å². The van der Waals surface area contributed by atoms with Crippen molar-refractivity contribution in [2.75, 3.05) is 14.2 Å². The van der Waals surface area contributed by atoms with Crippen LogP contribution in [0.2, 0.25) is 0 Å². The Morgan fingerprint density at radius 1 is 1.19 bits per heavy atom. The third-order valence-electron chi connectivity index (χ3n) is 3.02. The molecule has 0 spiro atoms. The zero-order valence-corrected chi connectivity index (χ0v) is 12.6. The summed E-state index contributed by atoms with van der Waals surface area (Å²) < 4.78 is 36.0. The van der Waals surface area contributed by atoms with E-state index in [1.807, 2.05) is 0 Å². The van der Waals surface area contributed by atoms with Crippen molar-refractivity contribution in [3.63, 3.8) is 0 Å². The fraction of sp³-hybridized carbons (Fsp3) is 0.286. The van der Waals surface area contributed by atoms with E-state index in [2.05, 4.69) is 0 Å². The van der Waals surface area contributed by atoms with Crippen LogP contribution >= 0.6 is 0 Å². The van der Waals surface area contributed by atoms with Gasteiger partial charge < -0.3 is 14.3 Å². The number of furan rings is 1. The zero-order chi connectivity index (χ0) is 15.5. The van der Waals surface area contributed by atoms with E-state index >= 15 is 0 Å². The van der Waals surface area contributed by atoms with E-state index in [1.165, 1.54) is 23.5 Å². The van der Waals surface area contributed by atoms with Gasteiger partial charge >= 0.3 is 0 Å². The number of aliphatic hydroxyl groups excluding tert-OH is 1. The maximum absolute atomic E-state index is 12.3. The van der Waals surface area contributed by atoms with Crippen LogP contribution in [0.4, 0.5) is 0 Å². The maximum Gasteiger partial charge on any atom is 0.276 e. The highest BCUT2D eigenvalue weighted by atomic mass is 32.2. The van der Waals surface area contributed by atoms with Crippen LogP contribution in [0.15, 0.2) is 45.9 Å². The minimum absolute atomic E-state index is 0.178. The number of ether oxygens (including phenoxy) is 1. The van der Waals surface area contributed by atoms with Crippen molar-refractivity contribution in [1.29, 1.82) is 0 Å². The minimum atomic E-state index is -3.72. The Kier molecular flexibility index (Phi) is 4.66. The first kappa shape index (κ1) is 15.6. The number of methoxy groups -OCH3 is 1. The van der Waals surface area contributed by atoms with Crippen molar-refractivity contribution in [2.24, 2.45) is 0 Å². The quantitative estimate of drug-likeness (QED) is 0.876. The van der Waals surface area contributed by atoms with Crippen molar-refractivity contribution in [1.82, 2.24) is 4.31 Å². The van der Waals surface area contributed by atoms with E-state index in [9.17, 15) is 8.42 Å². The summed E-state index contributed by atoms with van der Waals surface area (Å²) in [5, 5.41) is 8.75. The van der Waals surface area contributed by atoms with Gasteiger partial charge in [-0.3, -0.25) is 0 Å². The number of hydrogen-bond donors (Lipinski definition) is 1. The predicted molar refractivity (Wildman–Crippen MR) is 76.3 cm³/mol. The van der Waals surface area contributed by atoms with E-state index in [0.29, 0.717) is 5.75 Å². The molecule has 0 aliphatic carbocycles. The summed E-state index contributed by atoms with van der Waals surface area (Å²) in [5.74, 6) is 0.925. The molecule has 0 aliphatic heterocycles. The summed E-state index contributed by atoms with van der Waals surface area (Å²) in [4.78, 5) is 0. The van der Waals surface area contributed by atoms with Crippen molar-refractivity contribution in [2.45, 2.75) is 18.2 Å². The molecular weight excluding hydrogens is 294 g/mol. The number of benzene rings is 1. The Hall–Kier alpha value is -1.83. The molecule has 0 saturated heterocycles. The molecule has 0 fully saturated rings. The highest BCUT2D eigenvalue weighted by molar-refractivity contribution is 7.88. The molecule has 0 radical (unpaired) electrons. The van der Waals surface area contributed by atoms with Crippen molar-refractivity contribution in [3.8, 4) is 5.75 Å². The van der Waals surface area contributed by atoms with Gasteiger partial charge in [-0.1, -0.05) is 12.1 Å². The van der Waals surface area contributed by atoms with Gasteiger partial charge in [-0.25, -0.2) is 8.42 Å². The SMILES string of the molecule is COc1ccc(CN(C)S(=O)(=O)c2ccc(CO)o2)cc1. The van der Waals surface area contributed by atoms with Crippen LogP contribution in [-0.4, -0.2) is 32.0 Å². The standard InChI is InChI=1S/C14H17NO5S/c1-15(9-11-3-5-12(19-2)6-4-11)21(17,18)14-8-7-13(10-16)20-14/h3-8,16H,9-10H2,1-2H3. The second-order valence-corrected chi connectivity index (χ2v) is 6.46. The first-order chi connectivity index (χ1) is 9.97. The highest BCUT2D eigenvalue weighted by Gasteiger charge is 2.24. The van der Waals surface area contributed by atoms with E-state index in [0.717, 1.165) is 5.56 Å². The number of hydrogen-bond acceptors (Lipinski definition) is 5. The van der Waals surface area contributed by atoms with E-state index in [1.54, 1.807) is 31.4 Å². The van der Waals surface area contributed by atoms with Crippen molar-refractivity contribution < 1.29 is 22.7 Å². The van der Waals surface area contributed by atoms with Crippen LogP contribution in [-0.2, 0) is 23.2 Å². The molecular formula is C14H17NO5S. The Labute approximate surface area is 123 Å².